The second kappa shape index (κ2) is 7.38. The van der Waals surface area contributed by atoms with Crippen molar-refractivity contribution in [3.8, 4) is 6.07 Å². The van der Waals surface area contributed by atoms with Crippen molar-refractivity contribution in [3.63, 3.8) is 0 Å². The molecule has 0 aliphatic rings. The molecule has 0 fully saturated rings. The third kappa shape index (κ3) is 3.71. The second-order valence-corrected chi connectivity index (χ2v) is 5.48. The van der Waals surface area contributed by atoms with Crippen LogP contribution in [0.3, 0.4) is 0 Å². The lowest BCUT2D eigenvalue weighted by atomic mass is 10.1. The van der Waals surface area contributed by atoms with E-state index < -0.39 is 0 Å². The summed E-state index contributed by atoms with van der Waals surface area (Å²) in [7, 11) is 0. The van der Waals surface area contributed by atoms with E-state index in [-0.39, 0.29) is 11.8 Å². The molecule has 1 aromatic heterocycles. The summed E-state index contributed by atoms with van der Waals surface area (Å²) in [6.45, 7) is 2.07. The third-order valence-corrected chi connectivity index (χ3v) is 3.93. The number of rotatable bonds is 5. The number of carbonyl (C=O) groups is 2. The number of amides is 2. The van der Waals surface area contributed by atoms with Gasteiger partial charge in [0.15, 0.2) is 0 Å². The quantitative estimate of drug-likeness (QED) is 0.921. The standard InChI is InChI=1S/C16H15N3O2S/c1-12(20)19(14-6-3-2-5-13(14)11-17)9-8-18-16(21)15-7-4-10-22-15/h2-7,10H,8-9H2,1H3,(H,18,21). The van der Waals surface area contributed by atoms with Gasteiger partial charge >= 0.3 is 0 Å². The SMILES string of the molecule is CC(=O)N(CCNC(=O)c1cccs1)c1ccccc1C#N. The van der Waals surface area contributed by atoms with Gasteiger partial charge in [0, 0.05) is 20.0 Å². The van der Waals surface area contributed by atoms with Crippen molar-refractivity contribution >= 4 is 28.8 Å². The summed E-state index contributed by atoms with van der Waals surface area (Å²) in [5.41, 5.74) is 0.991. The number of nitriles is 1. The number of hydrogen-bond acceptors (Lipinski definition) is 4. The van der Waals surface area contributed by atoms with Crippen molar-refractivity contribution in [3.05, 3.63) is 52.2 Å². The van der Waals surface area contributed by atoms with Crippen LogP contribution in [0.2, 0.25) is 0 Å². The molecule has 0 bridgehead atoms. The number of nitrogens with zero attached hydrogens (tertiary/aromatic N) is 2. The summed E-state index contributed by atoms with van der Waals surface area (Å²) in [5, 5.41) is 13.7. The van der Waals surface area contributed by atoms with E-state index in [1.54, 1.807) is 30.3 Å². The smallest absolute Gasteiger partial charge is 0.261 e. The van der Waals surface area contributed by atoms with E-state index in [1.807, 2.05) is 11.4 Å². The van der Waals surface area contributed by atoms with Crippen LogP contribution in [-0.4, -0.2) is 24.9 Å². The molecule has 0 atom stereocenters. The minimum Gasteiger partial charge on any atom is -0.350 e. The molecule has 0 unspecified atom stereocenters. The van der Waals surface area contributed by atoms with Gasteiger partial charge in [-0.25, -0.2) is 0 Å². The van der Waals surface area contributed by atoms with Crippen LogP contribution < -0.4 is 10.2 Å². The second-order valence-electron chi connectivity index (χ2n) is 4.53. The van der Waals surface area contributed by atoms with E-state index in [0.717, 1.165) is 0 Å². The fourth-order valence-corrected chi connectivity index (χ4v) is 2.67. The van der Waals surface area contributed by atoms with E-state index in [1.165, 1.54) is 23.2 Å². The lowest BCUT2D eigenvalue weighted by Gasteiger charge is -2.22. The van der Waals surface area contributed by atoms with Crippen molar-refractivity contribution in [1.29, 1.82) is 5.26 Å². The Labute approximate surface area is 132 Å². The normalized spacial score (nSPS) is 9.82. The summed E-state index contributed by atoms with van der Waals surface area (Å²) < 4.78 is 0. The molecule has 112 valence electrons. The molecule has 2 amide bonds. The van der Waals surface area contributed by atoms with Crippen molar-refractivity contribution in [2.24, 2.45) is 0 Å². The van der Waals surface area contributed by atoms with Crippen LogP contribution in [0, 0.1) is 11.3 Å². The average Bonchev–Trinajstić information content (AvgIpc) is 3.05. The van der Waals surface area contributed by atoms with Crippen molar-refractivity contribution < 1.29 is 9.59 Å². The van der Waals surface area contributed by atoms with Crippen LogP contribution >= 0.6 is 11.3 Å². The highest BCUT2D eigenvalue weighted by Gasteiger charge is 2.15. The number of anilines is 1. The first kappa shape index (κ1) is 15.7. The first-order chi connectivity index (χ1) is 10.6. The van der Waals surface area contributed by atoms with Crippen molar-refractivity contribution in [1.82, 2.24) is 5.32 Å². The van der Waals surface area contributed by atoms with E-state index in [4.69, 9.17) is 5.26 Å². The number of carbonyl (C=O) groups excluding carboxylic acids is 2. The van der Waals surface area contributed by atoms with Crippen LogP contribution in [0.1, 0.15) is 22.2 Å². The molecular formula is C16H15N3O2S. The Balaban J connectivity index is 2.03. The van der Waals surface area contributed by atoms with E-state index in [2.05, 4.69) is 11.4 Å². The Bertz CT molecular complexity index is 704. The van der Waals surface area contributed by atoms with Crippen LogP contribution in [0.5, 0.6) is 0 Å². The lowest BCUT2D eigenvalue weighted by molar-refractivity contribution is -0.116. The Morgan fingerprint density at radius 3 is 2.68 bits per heavy atom. The van der Waals surface area contributed by atoms with Gasteiger partial charge in [-0.05, 0) is 23.6 Å². The maximum Gasteiger partial charge on any atom is 0.261 e. The number of nitrogens with one attached hydrogen (secondary N) is 1. The highest BCUT2D eigenvalue weighted by atomic mass is 32.1. The maximum absolute atomic E-state index is 11.9. The molecule has 1 N–H and O–H groups in total. The van der Waals surface area contributed by atoms with Crippen molar-refractivity contribution in [2.75, 3.05) is 18.0 Å². The molecule has 6 heteroatoms. The summed E-state index contributed by atoms with van der Waals surface area (Å²) in [4.78, 5) is 25.8. The monoisotopic (exact) mass is 313 g/mol. The van der Waals surface area contributed by atoms with Crippen LogP contribution in [0.15, 0.2) is 41.8 Å². The molecule has 0 saturated carbocycles. The first-order valence-corrected chi connectivity index (χ1v) is 7.60. The van der Waals surface area contributed by atoms with Crippen LogP contribution in [0.25, 0.3) is 0 Å². The Kier molecular flexibility index (Phi) is 5.28. The summed E-state index contributed by atoms with van der Waals surface area (Å²) in [6, 6.07) is 12.5. The van der Waals surface area contributed by atoms with E-state index >= 15 is 0 Å². The summed E-state index contributed by atoms with van der Waals surface area (Å²) in [6.07, 6.45) is 0. The highest BCUT2D eigenvalue weighted by Crippen LogP contribution is 2.19. The van der Waals surface area contributed by atoms with Crippen molar-refractivity contribution in [2.45, 2.75) is 6.92 Å². The zero-order chi connectivity index (χ0) is 15.9. The van der Waals surface area contributed by atoms with Crippen LogP contribution in [-0.2, 0) is 4.79 Å². The van der Waals surface area contributed by atoms with Gasteiger partial charge in [-0.15, -0.1) is 11.3 Å². The number of hydrogen-bond donors (Lipinski definition) is 1. The molecule has 0 aliphatic heterocycles. The Morgan fingerprint density at radius 2 is 2.05 bits per heavy atom. The predicted octanol–water partition coefficient (Wildman–Crippen LogP) is 2.40. The zero-order valence-corrected chi connectivity index (χ0v) is 12.9. The molecular weight excluding hydrogens is 298 g/mol. The molecule has 22 heavy (non-hydrogen) atoms. The fraction of sp³-hybridized carbons (Fsp3) is 0.188. The summed E-state index contributed by atoms with van der Waals surface area (Å²) >= 11 is 1.36. The maximum atomic E-state index is 11.9. The van der Waals surface area contributed by atoms with Gasteiger partial charge in [0.05, 0.1) is 16.1 Å². The van der Waals surface area contributed by atoms with Crippen LogP contribution in [0.4, 0.5) is 5.69 Å². The van der Waals surface area contributed by atoms with Gasteiger partial charge in [-0.2, -0.15) is 5.26 Å². The molecule has 2 rings (SSSR count). The van der Waals surface area contributed by atoms with Gasteiger partial charge in [0.1, 0.15) is 6.07 Å². The minimum absolute atomic E-state index is 0.160. The van der Waals surface area contributed by atoms with E-state index in [9.17, 15) is 9.59 Å². The molecule has 0 radical (unpaired) electrons. The number of thiophene rings is 1. The molecule has 2 aromatic rings. The number of benzene rings is 1. The molecule has 1 heterocycles. The zero-order valence-electron chi connectivity index (χ0n) is 12.1. The topological polar surface area (TPSA) is 73.2 Å². The molecule has 1 aromatic carbocycles. The summed E-state index contributed by atoms with van der Waals surface area (Å²) in [5.74, 6) is -0.333. The molecule has 0 spiro atoms. The fourth-order valence-electron chi connectivity index (χ4n) is 2.03. The van der Waals surface area contributed by atoms with Gasteiger partial charge < -0.3 is 10.2 Å². The van der Waals surface area contributed by atoms with Gasteiger partial charge in [0.25, 0.3) is 5.91 Å². The van der Waals surface area contributed by atoms with Gasteiger partial charge in [0.2, 0.25) is 5.91 Å². The highest BCUT2D eigenvalue weighted by molar-refractivity contribution is 7.12. The molecule has 0 saturated heterocycles. The largest absolute Gasteiger partial charge is 0.350 e. The Hall–Kier alpha value is -2.65. The first-order valence-electron chi connectivity index (χ1n) is 6.72. The minimum atomic E-state index is -0.173. The predicted molar refractivity (Wildman–Crippen MR) is 85.8 cm³/mol. The van der Waals surface area contributed by atoms with E-state index in [0.29, 0.717) is 29.2 Å². The van der Waals surface area contributed by atoms with Gasteiger partial charge in [-0.3, -0.25) is 9.59 Å². The molecule has 0 aliphatic carbocycles. The number of para-hydroxylation sites is 1. The Morgan fingerprint density at radius 1 is 1.27 bits per heavy atom. The third-order valence-electron chi connectivity index (χ3n) is 3.06. The van der Waals surface area contributed by atoms with Gasteiger partial charge in [-0.1, -0.05) is 18.2 Å². The average molecular weight is 313 g/mol. The lowest BCUT2D eigenvalue weighted by Crippen LogP contribution is -2.37. The molecule has 5 nitrogen and oxygen atoms in total.